The molecule has 0 unspecified atom stereocenters. The maximum atomic E-state index is 12.7. The fraction of sp³-hybridized carbons (Fsp3) is 0.857. The SMILES string of the molecule is COC(=O)[C@@]12OC(=O)[C@@](Cl)([C@H]3[C@H](OC)O[C@H](OC)[C@H]31)C2(OC)OC. The van der Waals surface area contributed by atoms with Gasteiger partial charge in [-0.25, -0.2) is 9.59 Å². The summed E-state index contributed by atoms with van der Waals surface area (Å²) in [6.07, 6.45) is -1.88. The van der Waals surface area contributed by atoms with Gasteiger partial charge in [0.25, 0.3) is 11.4 Å². The van der Waals surface area contributed by atoms with Crippen LogP contribution in [0.2, 0.25) is 0 Å². The van der Waals surface area contributed by atoms with Gasteiger partial charge in [0.05, 0.1) is 18.9 Å². The summed E-state index contributed by atoms with van der Waals surface area (Å²) in [4.78, 5) is 23.5. The van der Waals surface area contributed by atoms with Crippen LogP contribution in [0.25, 0.3) is 0 Å². The van der Waals surface area contributed by atoms with E-state index in [-0.39, 0.29) is 0 Å². The number of fused-ring (bicyclic) bond motifs is 5. The monoisotopic (exact) mass is 366 g/mol. The molecule has 0 aromatic heterocycles. The van der Waals surface area contributed by atoms with Crippen molar-refractivity contribution in [2.75, 3.05) is 35.5 Å². The topological polar surface area (TPSA) is 98.8 Å². The maximum absolute atomic E-state index is 12.7. The van der Waals surface area contributed by atoms with Crippen molar-refractivity contribution in [1.82, 2.24) is 0 Å². The van der Waals surface area contributed by atoms with E-state index >= 15 is 0 Å². The number of halogens is 1. The molecule has 1 saturated carbocycles. The van der Waals surface area contributed by atoms with Gasteiger partial charge >= 0.3 is 11.9 Å². The van der Waals surface area contributed by atoms with Gasteiger partial charge in [-0.3, -0.25) is 0 Å². The third-order valence-corrected chi connectivity index (χ3v) is 5.87. The highest BCUT2D eigenvalue weighted by Gasteiger charge is 2.95. The maximum Gasteiger partial charge on any atom is 0.356 e. The summed E-state index contributed by atoms with van der Waals surface area (Å²) in [5.74, 6) is -5.36. The van der Waals surface area contributed by atoms with E-state index in [4.69, 9.17) is 44.8 Å². The van der Waals surface area contributed by atoms with Crippen LogP contribution < -0.4 is 0 Å². The molecule has 0 amide bonds. The molecule has 0 aromatic rings. The number of hydrogen-bond acceptors (Lipinski definition) is 9. The Labute approximate surface area is 143 Å². The Kier molecular flexibility index (Phi) is 4.10. The van der Waals surface area contributed by atoms with Crippen molar-refractivity contribution in [2.24, 2.45) is 11.8 Å². The lowest BCUT2D eigenvalue weighted by molar-refractivity contribution is -0.295. The van der Waals surface area contributed by atoms with E-state index in [1.54, 1.807) is 0 Å². The predicted molar refractivity (Wildman–Crippen MR) is 75.8 cm³/mol. The molecule has 0 aromatic carbocycles. The van der Waals surface area contributed by atoms with Crippen molar-refractivity contribution in [3.63, 3.8) is 0 Å². The summed E-state index contributed by atoms with van der Waals surface area (Å²) in [5.41, 5.74) is -2.00. The standard InChI is InChI=1S/C14H19ClO9/c1-18-8-6-7(9(19-2)23-8)13(11(17)20-3)14(21-4,22-5)12(6,15)10(16)24-13/h6-9H,1-5H3/t6-,7+,8-,9+,12+,13+/m1/s1. The third kappa shape index (κ3) is 1.54. The minimum Gasteiger partial charge on any atom is -0.466 e. The zero-order chi connectivity index (χ0) is 17.9. The van der Waals surface area contributed by atoms with Crippen LogP contribution in [0.4, 0.5) is 0 Å². The van der Waals surface area contributed by atoms with E-state index < -0.39 is 52.6 Å². The lowest BCUT2D eigenvalue weighted by Gasteiger charge is -2.40. The Balaban J connectivity index is 2.31. The lowest BCUT2D eigenvalue weighted by atomic mass is 9.83. The molecule has 0 radical (unpaired) electrons. The summed E-state index contributed by atoms with van der Waals surface area (Å²) in [6, 6.07) is 0. The average molecular weight is 367 g/mol. The molecule has 2 heterocycles. The summed E-state index contributed by atoms with van der Waals surface area (Å²) in [5, 5.41) is 0. The third-order valence-electron chi connectivity index (χ3n) is 5.22. The molecule has 6 atom stereocenters. The van der Waals surface area contributed by atoms with E-state index in [0.29, 0.717) is 0 Å². The number of rotatable bonds is 5. The normalized spacial score (nSPS) is 45.2. The smallest absolute Gasteiger partial charge is 0.356 e. The quantitative estimate of drug-likeness (QED) is 0.367. The Hall–Kier alpha value is -0.970. The van der Waals surface area contributed by atoms with Crippen molar-refractivity contribution in [3.8, 4) is 0 Å². The lowest BCUT2D eigenvalue weighted by Crippen LogP contribution is -2.64. The second kappa shape index (κ2) is 5.52. The number of esters is 2. The van der Waals surface area contributed by atoms with Crippen LogP contribution in [0, 0.1) is 11.8 Å². The number of ether oxygens (including phenoxy) is 7. The van der Waals surface area contributed by atoms with Gasteiger partial charge in [0.2, 0.25) is 4.87 Å². The van der Waals surface area contributed by atoms with Gasteiger partial charge in [0.1, 0.15) is 0 Å². The van der Waals surface area contributed by atoms with Gasteiger partial charge in [0, 0.05) is 28.4 Å². The molecule has 3 rings (SSSR count). The Morgan fingerprint density at radius 2 is 1.58 bits per heavy atom. The van der Waals surface area contributed by atoms with Crippen molar-refractivity contribution in [2.45, 2.75) is 28.8 Å². The van der Waals surface area contributed by atoms with E-state index in [1.165, 1.54) is 28.4 Å². The first kappa shape index (κ1) is 17.8. The molecule has 136 valence electrons. The highest BCUT2D eigenvalue weighted by atomic mass is 35.5. The molecule has 1 aliphatic carbocycles. The Bertz CT molecular complexity index is 564. The Morgan fingerprint density at radius 3 is 2.04 bits per heavy atom. The highest BCUT2D eigenvalue weighted by molar-refractivity contribution is 6.37. The van der Waals surface area contributed by atoms with E-state index in [9.17, 15) is 9.59 Å². The summed E-state index contributed by atoms with van der Waals surface area (Å²) < 4.78 is 37.6. The summed E-state index contributed by atoms with van der Waals surface area (Å²) in [7, 11) is 6.48. The molecule has 0 N–H and O–H groups in total. The van der Waals surface area contributed by atoms with Gasteiger partial charge < -0.3 is 33.2 Å². The van der Waals surface area contributed by atoms with Crippen molar-refractivity contribution in [3.05, 3.63) is 0 Å². The van der Waals surface area contributed by atoms with Crippen LogP contribution in [0.5, 0.6) is 0 Å². The highest BCUT2D eigenvalue weighted by Crippen LogP contribution is 2.70. The van der Waals surface area contributed by atoms with Crippen molar-refractivity contribution >= 4 is 23.5 Å². The van der Waals surface area contributed by atoms with Crippen molar-refractivity contribution in [1.29, 1.82) is 0 Å². The molecule has 2 saturated heterocycles. The number of carbonyl (C=O) groups is 2. The van der Waals surface area contributed by atoms with Gasteiger partial charge in [0.15, 0.2) is 12.6 Å². The number of hydrogen-bond donors (Lipinski definition) is 0. The Morgan fingerprint density at radius 1 is 1.04 bits per heavy atom. The van der Waals surface area contributed by atoms with Gasteiger partial charge in [-0.2, -0.15) is 0 Å². The first-order chi connectivity index (χ1) is 11.4. The van der Waals surface area contributed by atoms with Gasteiger partial charge in [-0.15, -0.1) is 0 Å². The second-order valence-electron chi connectivity index (χ2n) is 5.75. The van der Waals surface area contributed by atoms with Crippen LogP contribution in [0.15, 0.2) is 0 Å². The van der Waals surface area contributed by atoms with Gasteiger partial charge in [-0.05, 0) is 0 Å². The molecule has 0 spiro atoms. The molecule has 2 aliphatic heterocycles. The molecular weight excluding hydrogens is 348 g/mol. The molecule has 10 heteroatoms. The van der Waals surface area contributed by atoms with Crippen molar-refractivity contribution < 1.29 is 42.7 Å². The predicted octanol–water partition coefficient (Wildman–Crippen LogP) is -0.357. The molecule has 24 heavy (non-hydrogen) atoms. The number of methoxy groups -OCH3 is 5. The van der Waals surface area contributed by atoms with Crippen LogP contribution in [0.1, 0.15) is 0 Å². The summed E-state index contributed by atoms with van der Waals surface area (Å²) in [6.45, 7) is 0. The first-order valence-electron chi connectivity index (χ1n) is 7.18. The van der Waals surface area contributed by atoms with Crippen LogP contribution in [-0.4, -0.2) is 76.3 Å². The molecular formula is C14H19ClO9. The average Bonchev–Trinajstić information content (AvgIpc) is 3.13. The largest absolute Gasteiger partial charge is 0.466 e. The second-order valence-corrected chi connectivity index (χ2v) is 6.35. The van der Waals surface area contributed by atoms with Crippen LogP contribution in [-0.2, 0) is 42.7 Å². The van der Waals surface area contributed by atoms with E-state index in [2.05, 4.69) is 0 Å². The minimum absolute atomic E-state index is 0.825. The number of alkyl halides is 1. The molecule has 3 aliphatic rings. The van der Waals surface area contributed by atoms with Crippen LogP contribution in [0.3, 0.4) is 0 Å². The van der Waals surface area contributed by atoms with Crippen LogP contribution >= 0.6 is 11.6 Å². The van der Waals surface area contributed by atoms with E-state index in [1.807, 2.05) is 0 Å². The molecule has 3 fully saturated rings. The number of carbonyl (C=O) groups excluding carboxylic acids is 2. The minimum atomic E-state index is -2.00. The fourth-order valence-corrected chi connectivity index (χ4v) is 4.98. The molecule has 9 nitrogen and oxygen atoms in total. The zero-order valence-electron chi connectivity index (χ0n) is 13.9. The first-order valence-corrected chi connectivity index (χ1v) is 7.56. The zero-order valence-corrected chi connectivity index (χ0v) is 14.6. The summed E-state index contributed by atoms with van der Waals surface area (Å²) >= 11 is 6.71. The fourth-order valence-electron chi connectivity index (χ4n) is 4.41. The van der Waals surface area contributed by atoms with Gasteiger partial charge in [-0.1, -0.05) is 11.6 Å². The molecule has 2 bridgehead atoms. The van der Waals surface area contributed by atoms with E-state index in [0.717, 1.165) is 7.11 Å².